The van der Waals surface area contributed by atoms with Gasteiger partial charge >= 0.3 is 11.9 Å². The number of nitrogens with zero attached hydrogens (tertiary/aromatic N) is 1. The van der Waals surface area contributed by atoms with E-state index in [2.05, 4.69) is 0 Å². The number of rotatable bonds is 7. The van der Waals surface area contributed by atoms with Crippen molar-refractivity contribution in [3.63, 3.8) is 0 Å². The minimum Gasteiger partial charge on any atom is -0.466 e. The highest BCUT2D eigenvalue weighted by atomic mass is 16.6. The second-order valence-electron chi connectivity index (χ2n) is 4.18. The number of nitro groups is 1. The molecule has 0 unspecified atom stereocenters. The number of nitro benzene ring substituents is 1. The van der Waals surface area contributed by atoms with Crippen LogP contribution in [0.1, 0.15) is 25.0 Å². The molecule has 1 aromatic rings. The predicted molar refractivity (Wildman–Crippen MR) is 73.8 cm³/mol. The van der Waals surface area contributed by atoms with Crippen LogP contribution in [0.4, 0.5) is 5.69 Å². The van der Waals surface area contributed by atoms with Gasteiger partial charge in [0, 0.05) is 11.6 Å². The van der Waals surface area contributed by atoms with Crippen LogP contribution in [0.3, 0.4) is 0 Å². The average Bonchev–Trinajstić information content (AvgIpc) is 2.40. The van der Waals surface area contributed by atoms with Gasteiger partial charge in [0.1, 0.15) is 0 Å². The van der Waals surface area contributed by atoms with Gasteiger partial charge in [0.05, 0.1) is 31.0 Å². The molecule has 0 amide bonds. The molecule has 0 aromatic heterocycles. The van der Waals surface area contributed by atoms with Crippen molar-refractivity contribution in [3.8, 4) is 0 Å². The number of carbonyl (C=O) groups excluding carboxylic acids is 2. The fourth-order valence-electron chi connectivity index (χ4n) is 1.79. The zero-order valence-corrected chi connectivity index (χ0v) is 12.0. The smallest absolute Gasteiger partial charge is 0.310 e. The minimum absolute atomic E-state index is 0.0473. The summed E-state index contributed by atoms with van der Waals surface area (Å²) in [6.45, 7) is 3.81. The molecule has 0 heterocycles. The van der Waals surface area contributed by atoms with Crippen molar-refractivity contribution >= 4 is 17.6 Å². The summed E-state index contributed by atoms with van der Waals surface area (Å²) in [6, 6.07) is 4.31. The first-order chi connectivity index (χ1) is 9.97. The molecule has 0 saturated carbocycles. The summed E-state index contributed by atoms with van der Waals surface area (Å²) in [6.07, 6.45) is -0.224. The van der Waals surface area contributed by atoms with Crippen LogP contribution in [0.25, 0.3) is 0 Å². The standard InChI is InChI=1S/C14H17NO6/c1-3-20-13(16)8-10-5-6-11(9-14(17)21-4-2)12(7-10)15(18)19/h5-7H,3-4,8-9H2,1-2H3. The third-order valence-electron chi connectivity index (χ3n) is 2.64. The molecule has 7 heteroatoms. The highest BCUT2D eigenvalue weighted by Gasteiger charge is 2.18. The van der Waals surface area contributed by atoms with E-state index in [9.17, 15) is 19.7 Å². The van der Waals surface area contributed by atoms with Crippen molar-refractivity contribution in [2.45, 2.75) is 26.7 Å². The molecule has 0 N–H and O–H groups in total. The second kappa shape index (κ2) is 7.98. The molecule has 21 heavy (non-hydrogen) atoms. The minimum atomic E-state index is -0.580. The maximum absolute atomic E-state index is 11.4. The Balaban J connectivity index is 2.94. The fourth-order valence-corrected chi connectivity index (χ4v) is 1.79. The van der Waals surface area contributed by atoms with Gasteiger partial charge in [0.25, 0.3) is 5.69 Å². The lowest BCUT2D eigenvalue weighted by Crippen LogP contribution is -2.11. The Kier molecular flexibility index (Phi) is 6.32. The summed E-state index contributed by atoms with van der Waals surface area (Å²) in [5.74, 6) is -0.983. The fraction of sp³-hybridized carbons (Fsp3) is 0.429. The van der Waals surface area contributed by atoms with Gasteiger partial charge in [-0.15, -0.1) is 0 Å². The largest absolute Gasteiger partial charge is 0.466 e. The lowest BCUT2D eigenvalue weighted by Gasteiger charge is -2.06. The Labute approximate surface area is 122 Å². The van der Waals surface area contributed by atoms with E-state index < -0.39 is 16.9 Å². The number of esters is 2. The molecular weight excluding hydrogens is 278 g/mol. The van der Waals surface area contributed by atoms with Gasteiger partial charge in [-0.1, -0.05) is 12.1 Å². The molecule has 0 saturated heterocycles. The molecule has 0 spiro atoms. The molecule has 1 rings (SSSR count). The average molecular weight is 295 g/mol. The first-order valence-corrected chi connectivity index (χ1v) is 6.55. The highest BCUT2D eigenvalue weighted by Crippen LogP contribution is 2.22. The number of benzene rings is 1. The van der Waals surface area contributed by atoms with E-state index in [0.29, 0.717) is 5.56 Å². The zero-order chi connectivity index (χ0) is 15.8. The van der Waals surface area contributed by atoms with Crippen LogP contribution in [-0.4, -0.2) is 30.1 Å². The summed E-state index contributed by atoms with van der Waals surface area (Å²) in [4.78, 5) is 33.3. The van der Waals surface area contributed by atoms with Crippen LogP contribution < -0.4 is 0 Å². The van der Waals surface area contributed by atoms with E-state index in [0.717, 1.165) is 0 Å². The van der Waals surface area contributed by atoms with E-state index >= 15 is 0 Å². The molecule has 0 fully saturated rings. The zero-order valence-electron chi connectivity index (χ0n) is 12.0. The summed E-state index contributed by atoms with van der Waals surface area (Å²) in [5.41, 5.74) is 0.517. The van der Waals surface area contributed by atoms with Gasteiger partial charge < -0.3 is 9.47 Å². The summed E-state index contributed by atoms with van der Waals surface area (Å²) >= 11 is 0. The molecule has 7 nitrogen and oxygen atoms in total. The van der Waals surface area contributed by atoms with Crippen molar-refractivity contribution in [3.05, 3.63) is 39.4 Å². The van der Waals surface area contributed by atoms with Crippen molar-refractivity contribution in [2.24, 2.45) is 0 Å². The Morgan fingerprint density at radius 2 is 1.67 bits per heavy atom. The van der Waals surface area contributed by atoms with Crippen molar-refractivity contribution in [1.29, 1.82) is 0 Å². The highest BCUT2D eigenvalue weighted by molar-refractivity contribution is 5.75. The van der Waals surface area contributed by atoms with Gasteiger partial charge in [0.15, 0.2) is 0 Å². The summed E-state index contributed by atoms with van der Waals surface area (Å²) in [5, 5.41) is 11.1. The molecule has 0 aliphatic rings. The van der Waals surface area contributed by atoms with Gasteiger partial charge in [-0.3, -0.25) is 19.7 Å². The van der Waals surface area contributed by atoms with E-state index in [4.69, 9.17) is 9.47 Å². The van der Waals surface area contributed by atoms with Crippen molar-refractivity contribution in [2.75, 3.05) is 13.2 Å². The maximum Gasteiger partial charge on any atom is 0.310 e. The molecule has 1 aromatic carbocycles. The SMILES string of the molecule is CCOC(=O)Cc1ccc(CC(=O)OCC)c([N+](=O)[O-])c1. The molecule has 0 radical (unpaired) electrons. The summed E-state index contributed by atoms with van der Waals surface area (Å²) < 4.78 is 9.56. The van der Waals surface area contributed by atoms with Crippen LogP contribution >= 0.6 is 0 Å². The summed E-state index contributed by atoms with van der Waals surface area (Å²) in [7, 11) is 0. The van der Waals surface area contributed by atoms with Crippen LogP contribution in [0, 0.1) is 10.1 Å². The second-order valence-corrected chi connectivity index (χ2v) is 4.18. The first-order valence-electron chi connectivity index (χ1n) is 6.55. The predicted octanol–water partition coefficient (Wildman–Crippen LogP) is 1.81. The van der Waals surface area contributed by atoms with Crippen molar-refractivity contribution < 1.29 is 24.0 Å². The van der Waals surface area contributed by atoms with E-state index in [1.54, 1.807) is 19.9 Å². The Morgan fingerprint density at radius 3 is 2.19 bits per heavy atom. The number of ether oxygens (including phenoxy) is 2. The third-order valence-corrected chi connectivity index (χ3v) is 2.64. The van der Waals surface area contributed by atoms with Crippen LogP contribution in [-0.2, 0) is 31.9 Å². The van der Waals surface area contributed by atoms with E-state index in [-0.39, 0.29) is 37.3 Å². The topological polar surface area (TPSA) is 95.7 Å². The van der Waals surface area contributed by atoms with Crippen LogP contribution in [0.2, 0.25) is 0 Å². The normalized spacial score (nSPS) is 10.0. The maximum atomic E-state index is 11.4. The van der Waals surface area contributed by atoms with Crippen LogP contribution in [0.5, 0.6) is 0 Å². The Hall–Kier alpha value is -2.44. The molecule has 0 aliphatic heterocycles. The third kappa shape index (κ3) is 5.21. The van der Waals surface area contributed by atoms with Gasteiger partial charge in [-0.25, -0.2) is 0 Å². The Morgan fingerprint density at radius 1 is 1.10 bits per heavy atom. The quantitative estimate of drug-likeness (QED) is 0.432. The number of carbonyl (C=O) groups is 2. The number of hydrogen-bond acceptors (Lipinski definition) is 6. The van der Waals surface area contributed by atoms with Crippen molar-refractivity contribution in [1.82, 2.24) is 0 Å². The van der Waals surface area contributed by atoms with Gasteiger partial charge in [0.2, 0.25) is 0 Å². The van der Waals surface area contributed by atoms with Gasteiger partial charge in [-0.05, 0) is 19.4 Å². The Bertz CT molecular complexity index is 540. The van der Waals surface area contributed by atoms with E-state index in [1.165, 1.54) is 12.1 Å². The lowest BCUT2D eigenvalue weighted by molar-refractivity contribution is -0.385. The molecule has 0 atom stereocenters. The van der Waals surface area contributed by atoms with Gasteiger partial charge in [-0.2, -0.15) is 0 Å². The van der Waals surface area contributed by atoms with E-state index in [1.807, 2.05) is 0 Å². The number of hydrogen-bond donors (Lipinski definition) is 0. The molecule has 114 valence electrons. The van der Waals surface area contributed by atoms with Crippen LogP contribution in [0.15, 0.2) is 18.2 Å². The molecular formula is C14H17NO6. The molecule has 0 bridgehead atoms. The lowest BCUT2D eigenvalue weighted by atomic mass is 10.0. The monoisotopic (exact) mass is 295 g/mol. The molecule has 0 aliphatic carbocycles. The first kappa shape index (κ1) is 16.6.